The van der Waals surface area contributed by atoms with Crippen LogP contribution in [0.5, 0.6) is 5.75 Å². The molecule has 0 bridgehead atoms. The van der Waals surface area contributed by atoms with Crippen LogP contribution in [0.15, 0.2) is 53.2 Å². The van der Waals surface area contributed by atoms with Gasteiger partial charge in [-0.05, 0) is 50.1 Å². The van der Waals surface area contributed by atoms with Crippen LogP contribution in [0.2, 0.25) is 0 Å². The fourth-order valence-electron chi connectivity index (χ4n) is 3.64. The number of amides is 1. The van der Waals surface area contributed by atoms with Gasteiger partial charge in [-0.3, -0.25) is 10.1 Å². The molecule has 180 valence electrons. The maximum absolute atomic E-state index is 13.4. The summed E-state index contributed by atoms with van der Waals surface area (Å²) in [4.78, 5) is 29.3. The number of allylic oxidation sites excluding steroid dienone is 1. The lowest BCUT2D eigenvalue weighted by Gasteiger charge is -2.10. The second kappa shape index (κ2) is 10.1. The van der Waals surface area contributed by atoms with E-state index in [9.17, 15) is 14.0 Å². The van der Waals surface area contributed by atoms with Crippen molar-refractivity contribution in [1.82, 2.24) is 4.98 Å². The topological polar surface area (TPSA) is 90.7 Å². The average Bonchev–Trinajstić information content (AvgIpc) is 3.41. The molecule has 0 unspecified atom stereocenters. The van der Waals surface area contributed by atoms with Crippen molar-refractivity contribution >= 4 is 44.9 Å². The monoisotopic (exact) mass is 494 g/mol. The second-order valence-corrected chi connectivity index (χ2v) is 8.67. The van der Waals surface area contributed by atoms with Gasteiger partial charge in [0.15, 0.2) is 5.13 Å². The summed E-state index contributed by atoms with van der Waals surface area (Å²) in [6.45, 7) is 5.45. The Kier molecular flexibility index (Phi) is 6.97. The first-order valence-corrected chi connectivity index (χ1v) is 11.6. The van der Waals surface area contributed by atoms with Crippen molar-refractivity contribution in [3.8, 4) is 16.9 Å². The number of nitrogens with zero attached hydrogens (tertiary/aromatic N) is 1. The molecule has 7 nitrogen and oxygen atoms in total. The Bertz CT molecular complexity index is 1440. The maximum atomic E-state index is 13.4. The Hall–Kier alpha value is -3.98. The molecule has 0 atom stereocenters. The molecule has 0 radical (unpaired) electrons. The first-order chi connectivity index (χ1) is 16.8. The SMILES string of the molecule is CCOC(=O)c1sc(NC(=O)/C=C(\C)c2cc3c(-c4ccc(F)cc4)coc3cc2OC)nc1C. The van der Waals surface area contributed by atoms with Gasteiger partial charge in [0.25, 0.3) is 0 Å². The summed E-state index contributed by atoms with van der Waals surface area (Å²) in [7, 11) is 1.54. The molecule has 4 rings (SSSR count). The average molecular weight is 495 g/mol. The highest BCUT2D eigenvalue weighted by atomic mass is 32.1. The summed E-state index contributed by atoms with van der Waals surface area (Å²) in [5.41, 5.74) is 4.04. The molecular weight excluding hydrogens is 471 g/mol. The number of methoxy groups -OCH3 is 1. The maximum Gasteiger partial charge on any atom is 0.350 e. The number of hydrogen-bond acceptors (Lipinski definition) is 7. The Balaban J connectivity index is 1.63. The van der Waals surface area contributed by atoms with Crippen LogP contribution < -0.4 is 10.1 Å². The van der Waals surface area contributed by atoms with Crippen LogP contribution >= 0.6 is 11.3 Å². The lowest BCUT2D eigenvalue weighted by molar-refractivity contribution is -0.111. The minimum absolute atomic E-state index is 0.255. The van der Waals surface area contributed by atoms with Crippen molar-refractivity contribution in [3.05, 3.63) is 70.7 Å². The van der Waals surface area contributed by atoms with Crippen molar-refractivity contribution in [2.75, 3.05) is 19.0 Å². The largest absolute Gasteiger partial charge is 0.496 e. The summed E-state index contributed by atoms with van der Waals surface area (Å²) in [5, 5.41) is 3.80. The number of rotatable bonds is 7. The van der Waals surface area contributed by atoms with E-state index in [0.717, 1.165) is 27.8 Å². The molecule has 35 heavy (non-hydrogen) atoms. The van der Waals surface area contributed by atoms with Crippen LogP contribution in [0.1, 0.15) is 34.8 Å². The third kappa shape index (κ3) is 5.09. The molecule has 0 aliphatic rings. The molecule has 1 N–H and O–H groups in total. The highest BCUT2D eigenvalue weighted by Gasteiger charge is 2.18. The number of carbonyl (C=O) groups is 2. The molecule has 0 aliphatic heterocycles. The molecule has 0 saturated carbocycles. The van der Waals surface area contributed by atoms with Crippen LogP contribution in [-0.2, 0) is 9.53 Å². The van der Waals surface area contributed by atoms with Gasteiger partial charge in [0.05, 0.1) is 25.7 Å². The van der Waals surface area contributed by atoms with E-state index in [1.807, 2.05) is 6.07 Å². The predicted octanol–water partition coefficient (Wildman–Crippen LogP) is 6.23. The number of nitrogens with one attached hydrogen (secondary N) is 1. The number of aryl methyl sites for hydroxylation is 1. The van der Waals surface area contributed by atoms with E-state index in [2.05, 4.69) is 10.3 Å². The Labute approximate surface area is 205 Å². The van der Waals surface area contributed by atoms with Gasteiger partial charge in [-0.25, -0.2) is 14.2 Å². The standard InChI is InChI=1S/C26H23FN2O5S/c1-5-33-25(31)24-15(3)28-26(35-24)29-23(30)10-14(2)18-11-19-20(16-6-8-17(27)9-7-16)13-34-22(19)12-21(18)32-4/h6-13H,5H2,1-4H3,(H,28,29,30)/b14-10+. The second-order valence-electron chi connectivity index (χ2n) is 7.68. The first kappa shape index (κ1) is 24.2. The smallest absolute Gasteiger partial charge is 0.350 e. The summed E-state index contributed by atoms with van der Waals surface area (Å²) < 4.78 is 29.6. The van der Waals surface area contributed by atoms with Crippen LogP contribution in [-0.4, -0.2) is 30.6 Å². The molecular formula is C26H23FN2O5S. The van der Waals surface area contributed by atoms with Crippen LogP contribution in [0.25, 0.3) is 27.7 Å². The number of thiazole rings is 1. The highest BCUT2D eigenvalue weighted by Crippen LogP contribution is 2.37. The number of esters is 1. The molecule has 0 fully saturated rings. The number of aromatic nitrogens is 1. The molecule has 2 aromatic heterocycles. The Morgan fingerprint density at radius 3 is 2.66 bits per heavy atom. The molecule has 0 aliphatic carbocycles. The number of fused-ring (bicyclic) bond motifs is 1. The minimum Gasteiger partial charge on any atom is -0.496 e. The predicted molar refractivity (Wildman–Crippen MR) is 133 cm³/mol. The number of anilines is 1. The van der Waals surface area contributed by atoms with Gasteiger partial charge in [0, 0.05) is 28.7 Å². The quantitative estimate of drug-likeness (QED) is 0.242. The molecule has 2 heterocycles. The third-order valence-electron chi connectivity index (χ3n) is 5.31. The lowest BCUT2D eigenvalue weighted by atomic mass is 9.99. The fourth-order valence-corrected chi connectivity index (χ4v) is 4.50. The molecule has 9 heteroatoms. The lowest BCUT2D eigenvalue weighted by Crippen LogP contribution is -2.08. The zero-order chi connectivity index (χ0) is 25.1. The van der Waals surface area contributed by atoms with Gasteiger partial charge >= 0.3 is 5.97 Å². The normalized spacial score (nSPS) is 11.5. The van der Waals surface area contributed by atoms with Crippen LogP contribution in [0.4, 0.5) is 9.52 Å². The zero-order valence-electron chi connectivity index (χ0n) is 19.6. The van der Waals surface area contributed by atoms with Crippen molar-refractivity contribution in [2.45, 2.75) is 20.8 Å². The number of ether oxygens (including phenoxy) is 2. The number of furan rings is 1. The van der Waals surface area contributed by atoms with Crippen molar-refractivity contribution in [2.24, 2.45) is 0 Å². The fraction of sp³-hybridized carbons (Fsp3) is 0.192. The van der Waals surface area contributed by atoms with E-state index >= 15 is 0 Å². The third-order valence-corrected chi connectivity index (χ3v) is 6.36. The number of halogens is 1. The number of benzene rings is 2. The summed E-state index contributed by atoms with van der Waals surface area (Å²) in [6.07, 6.45) is 3.04. The van der Waals surface area contributed by atoms with Gasteiger partial charge in [0.2, 0.25) is 5.91 Å². The highest BCUT2D eigenvalue weighted by molar-refractivity contribution is 7.17. The van der Waals surface area contributed by atoms with E-state index in [4.69, 9.17) is 13.9 Å². The van der Waals surface area contributed by atoms with Gasteiger partial charge in [-0.2, -0.15) is 0 Å². The van der Waals surface area contributed by atoms with E-state index in [0.29, 0.717) is 38.2 Å². The summed E-state index contributed by atoms with van der Waals surface area (Å²) >= 11 is 1.06. The van der Waals surface area contributed by atoms with E-state index in [1.165, 1.54) is 25.3 Å². The molecule has 1 amide bonds. The summed E-state index contributed by atoms with van der Waals surface area (Å²) in [5.74, 6) is -0.656. The van der Waals surface area contributed by atoms with Crippen molar-refractivity contribution in [1.29, 1.82) is 0 Å². The molecule has 4 aromatic rings. The van der Waals surface area contributed by atoms with Crippen LogP contribution in [0.3, 0.4) is 0 Å². The molecule has 0 spiro atoms. The minimum atomic E-state index is -0.468. The van der Waals surface area contributed by atoms with Gasteiger partial charge < -0.3 is 13.9 Å². The van der Waals surface area contributed by atoms with E-state index in [-0.39, 0.29) is 12.4 Å². The van der Waals surface area contributed by atoms with Gasteiger partial charge in [-0.1, -0.05) is 23.5 Å². The van der Waals surface area contributed by atoms with Crippen molar-refractivity contribution < 1.29 is 27.9 Å². The summed E-state index contributed by atoms with van der Waals surface area (Å²) in [6, 6.07) is 9.77. The Morgan fingerprint density at radius 1 is 1.23 bits per heavy atom. The number of carbonyl (C=O) groups excluding carboxylic acids is 2. The van der Waals surface area contributed by atoms with Gasteiger partial charge in [-0.15, -0.1) is 0 Å². The van der Waals surface area contributed by atoms with Crippen molar-refractivity contribution in [3.63, 3.8) is 0 Å². The molecule has 0 saturated heterocycles. The van der Waals surface area contributed by atoms with Crippen LogP contribution in [0, 0.1) is 12.7 Å². The molecule has 2 aromatic carbocycles. The first-order valence-electron chi connectivity index (χ1n) is 10.8. The van der Waals surface area contributed by atoms with E-state index in [1.54, 1.807) is 45.2 Å². The van der Waals surface area contributed by atoms with E-state index < -0.39 is 11.9 Å². The number of hydrogen-bond donors (Lipinski definition) is 1. The zero-order valence-corrected chi connectivity index (χ0v) is 20.4. The Morgan fingerprint density at radius 2 is 1.97 bits per heavy atom. The van der Waals surface area contributed by atoms with Gasteiger partial charge in [0.1, 0.15) is 22.0 Å².